The lowest BCUT2D eigenvalue weighted by atomic mass is 9.91. The second kappa shape index (κ2) is 12.9. The fourth-order valence-corrected chi connectivity index (χ4v) is 4.19. The fraction of sp³-hybridized carbons (Fsp3) is 0.462. The van der Waals surface area contributed by atoms with E-state index in [1.165, 1.54) is 24.8 Å². The summed E-state index contributed by atoms with van der Waals surface area (Å²) in [6, 6.07) is 17.2. The maximum Gasteiger partial charge on any atom is 0.338 e. The molecular weight excluding hydrogens is 402 g/mol. The van der Waals surface area contributed by atoms with Gasteiger partial charge in [-0.15, -0.1) is 0 Å². The average molecular weight is 438 g/mol. The molecular formula is C26H35N3O3. The summed E-state index contributed by atoms with van der Waals surface area (Å²) in [7, 11) is 0. The van der Waals surface area contributed by atoms with Crippen LogP contribution in [0.1, 0.15) is 48.5 Å². The lowest BCUT2D eigenvalue weighted by Crippen LogP contribution is -2.38. The Hall–Kier alpha value is -2.86. The average Bonchev–Trinajstić information content (AvgIpc) is 2.82. The zero-order chi connectivity index (χ0) is 22.6. The molecule has 1 aliphatic heterocycles. The summed E-state index contributed by atoms with van der Waals surface area (Å²) in [6.45, 7) is 6.07. The minimum Gasteiger partial charge on any atom is -0.462 e. The number of amides is 2. The molecule has 2 aromatic carbocycles. The van der Waals surface area contributed by atoms with E-state index in [4.69, 9.17) is 4.74 Å². The summed E-state index contributed by atoms with van der Waals surface area (Å²) in [4.78, 5) is 26.3. The molecule has 0 aliphatic carbocycles. The van der Waals surface area contributed by atoms with Crippen molar-refractivity contribution in [1.29, 1.82) is 0 Å². The first-order valence-corrected chi connectivity index (χ1v) is 11.7. The van der Waals surface area contributed by atoms with Crippen molar-refractivity contribution in [3.63, 3.8) is 0 Å². The molecule has 1 unspecified atom stereocenters. The van der Waals surface area contributed by atoms with Crippen molar-refractivity contribution >= 4 is 17.7 Å². The molecule has 2 amide bonds. The number of hydrogen-bond donors (Lipinski definition) is 2. The Morgan fingerprint density at radius 1 is 1.09 bits per heavy atom. The van der Waals surface area contributed by atoms with Crippen LogP contribution in [-0.2, 0) is 11.2 Å². The van der Waals surface area contributed by atoms with Crippen LogP contribution in [0.15, 0.2) is 54.6 Å². The maximum atomic E-state index is 12.1. The molecule has 6 nitrogen and oxygen atoms in total. The van der Waals surface area contributed by atoms with Gasteiger partial charge >= 0.3 is 12.0 Å². The molecule has 3 rings (SSSR count). The minimum absolute atomic E-state index is 0.228. The van der Waals surface area contributed by atoms with Crippen LogP contribution in [0.25, 0.3) is 0 Å². The lowest BCUT2D eigenvalue weighted by Gasteiger charge is -2.32. The number of nitrogens with one attached hydrogen (secondary N) is 2. The number of ether oxygens (including phenoxy) is 1. The number of urea groups is 1. The first-order valence-electron chi connectivity index (χ1n) is 11.7. The van der Waals surface area contributed by atoms with Gasteiger partial charge in [0.1, 0.15) is 0 Å². The highest BCUT2D eigenvalue weighted by atomic mass is 16.5. The largest absolute Gasteiger partial charge is 0.462 e. The number of benzene rings is 2. The Balaban J connectivity index is 1.30. The molecule has 0 saturated carbocycles. The predicted octanol–water partition coefficient (Wildman–Crippen LogP) is 4.72. The first kappa shape index (κ1) is 23.8. The lowest BCUT2D eigenvalue weighted by molar-refractivity contribution is 0.0526. The van der Waals surface area contributed by atoms with Gasteiger partial charge in [-0.3, -0.25) is 0 Å². The summed E-state index contributed by atoms with van der Waals surface area (Å²) in [5.74, 6) is 0.404. The number of anilines is 1. The Morgan fingerprint density at radius 3 is 2.62 bits per heavy atom. The monoisotopic (exact) mass is 437 g/mol. The van der Waals surface area contributed by atoms with Crippen LogP contribution in [-0.4, -0.2) is 49.7 Å². The van der Waals surface area contributed by atoms with Gasteiger partial charge in [0.15, 0.2) is 0 Å². The molecule has 0 radical (unpaired) electrons. The summed E-state index contributed by atoms with van der Waals surface area (Å²) < 4.78 is 4.96. The molecule has 1 saturated heterocycles. The van der Waals surface area contributed by atoms with Gasteiger partial charge < -0.3 is 20.3 Å². The third kappa shape index (κ3) is 8.00. The van der Waals surface area contributed by atoms with E-state index in [0.29, 0.717) is 24.4 Å². The zero-order valence-electron chi connectivity index (χ0n) is 19.0. The first-order chi connectivity index (χ1) is 15.6. The minimum atomic E-state index is -0.358. The number of aryl methyl sites for hydroxylation is 1. The number of hydrogen-bond acceptors (Lipinski definition) is 4. The van der Waals surface area contributed by atoms with Gasteiger partial charge in [0.25, 0.3) is 0 Å². The molecule has 1 fully saturated rings. The number of carbonyl (C=O) groups excluding carboxylic acids is 2. The molecule has 0 aromatic heterocycles. The Morgan fingerprint density at radius 2 is 1.88 bits per heavy atom. The zero-order valence-corrected chi connectivity index (χ0v) is 19.0. The van der Waals surface area contributed by atoms with Crippen LogP contribution >= 0.6 is 0 Å². The molecule has 172 valence electrons. The summed E-state index contributed by atoms with van der Waals surface area (Å²) in [6.07, 6.45) is 5.91. The van der Waals surface area contributed by atoms with Crippen LogP contribution in [0.2, 0.25) is 0 Å². The molecule has 1 atom stereocenters. The number of rotatable bonds is 10. The van der Waals surface area contributed by atoms with Gasteiger partial charge in [-0.2, -0.15) is 0 Å². The molecule has 0 spiro atoms. The topological polar surface area (TPSA) is 70.7 Å². The molecule has 2 N–H and O–H groups in total. The quantitative estimate of drug-likeness (QED) is 0.417. The second-order valence-electron chi connectivity index (χ2n) is 8.37. The smallest absolute Gasteiger partial charge is 0.338 e. The molecule has 1 aliphatic rings. The predicted molar refractivity (Wildman–Crippen MR) is 128 cm³/mol. The van der Waals surface area contributed by atoms with Crippen molar-refractivity contribution in [3.05, 3.63) is 65.7 Å². The van der Waals surface area contributed by atoms with Crippen molar-refractivity contribution in [1.82, 2.24) is 10.2 Å². The van der Waals surface area contributed by atoms with Crippen LogP contribution < -0.4 is 10.6 Å². The van der Waals surface area contributed by atoms with Crippen molar-refractivity contribution in [2.75, 3.05) is 38.1 Å². The number of likely N-dealkylation sites (tertiary alicyclic amines) is 1. The highest BCUT2D eigenvalue weighted by molar-refractivity contribution is 5.92. The standard InChI is InChI=1S/C26H35N3O3/c1-2-32-25(30)23-13-15-24(16-14-23)28-26(31)27-17-7-19-29-18-6-10-22(20-29)12-11-21-8-4-3-5-9-21/h3-5,8-9,13-16,22H,2,6-7,10-12,17-20H2,1H3,(H2,27,28,31). The van der Waals surface area contributed by atoms with E-state index in [2.05, 4.69) is 45.9 Å². The van der Waals surface area contributed by atoms with Crippen LogP contribution in [0.3, 0.4) is 0 Å². The highest BCUT2D eigenvalue weighted by Crippen LogP contribution is 2.21. The Bertz CT molecular complexity index is 839. The molecule has 2 aromatic rings. The summed E-state index contributed by atoms with van der Waals surface area (Å²) in [5.41, 5.74) is 2.55. The van der Waals surface area contributed by atoms with E-state index in [1.54, 1.807) is 31.2 Å². The van der Waals surface area contributed by atoms with Crippen LogP contribution in [0.5, 0.6) is 0 Å². The van der Waals surface area contributed by atoms with Crippen molar-refractivity contribution in [2.24, 2.45) is 5.92 Å². The van der Waals surface area contributed by atoms with Gasteiger partial charge in [0.2, 0.25) is 0 Å². The third-order valence-corrected chi connectivity index (χ3v) is 5.88. The molecule has 1 heterocycles. The van der Waals surface area contributed by atoms with Crippen molar-refractivity contribution in [2.45, 2.75) is 39.0 Å². The number of nitrogens with zero attached hydrogens (tertiary/aromatic N) is 1. The SMILES string of the molecule is CCOC(=O)c1ccc(NC(=O)NCCCN2CCCC(CCc3ccccc3)C2)cc1. The molecule has 32 heavy (non-hydrogen) atoms. The van der Waals surface area contributed by atoms with Gasteiger partial charge in [-0.25, -0.2) is 9.59 Å². The van der Waals surface area contributed by atoms with Crippen molar-refractivity contribution < 1.29 is 14.3 Å². The van der Waals surface area contributed by atoms with Gasteiger partial charge in [0.05, 0.1) is 12.2 Å². The summed E-state index contributed by atoms with van der Waals surface area (Å²) in [5, 5.41) is 5.72. The van der Waals surface area contributed by atoms with E-state index in [1.807, 2.05) is 0 Å². The van der Waals surface area contributed by atoms with E-state index in [-0.39, 0.29) is 12.0 Å². The van der Waals surface area contributed by atoms with Crippen LogP contribution in [0, 0.1) is 5.92 Å². The van der Waals surface area contributed by atoms with Gasteiger partial charge in [0, 0.05) is 18.8 Å². The normalized spacial score (nSPS) is 16.3. The molecule has 0 bridgehead atoms. The summed E-state index contributed by atoms with van der Waals surface area (Å²) >= 11 is 0. The van der Waals surface area contributed by atoms with Crippen LogP contribution in [0.4, 0.5) is 10.5 Å². The van der Waals surface area contributed by atoms with E-state index >= 15 is 0 Å². The maximum absolute atomic E-state index is 12.1. The van der Waals surface area contributed by atoms with Crippen molar-refractivity contribution in [3.8, 4) is 0 Å². The fourth-order valence-electron chi connectivity index (χ4n) is 4.19. The van der Waals surface area contributed by atoms with E-state index < -0.39 is 0 Å². The highest BCUT2D eigenvalue weighted by Gasteiger charge is 2.19. The van der Waals surface area contributed by atoms with Gasteiger partial charge in [-0.05, 0) is 87.9 Å². The van der Waals surface area contributed by atoms with Gasteiger partial charge in [-0.1, -0.05) is 30.3 Å². The number of carbonyl (C=O) groups is 2. The molecule has 6 heteroatoms. The Kier molecular flexibility index (Phi) is 9.57. The number of piperidine rings is 1. The third-order valence-electron chi connectivity index (χ3n) is 5.88. The van der Waals surface area contributed by atoms with E-state index in [0.717, 1.165) is 38.4 Å². The number of esters is 1. The Labute approximate surface area is 191 Å². The second-order valence-corrected chi connectivity index (χ2v) is 8.37. The van der Waals surface area contributed by atoms with E-state index in [9.17, 15) is 9.59 Å².